The molecule has 0 aliphatic carbocycles. The first-order chi connectivity index (χ1) is 7.91. The Hall–Kier alpha value is -1.08. The van der Waals surface area contributed by atoms with Crippen LogP contribution in [0.2, 0.25) is 5.02 Å². The van der Waals surface area contributed by atoms with Gasteiger partial charge in [-0.05, 0) is 0 Å². The maximum absolute atomic E-state index is 12.7. The third kappa shape index (κ3) is 2.61. The van der Waals surface area contributed by atoms with E-state index in [2.05, 4.69) is 30.7 Å². The van der Waals surface area contributed by atoms with Gasteiger partial charge in [0.2, 0.25) is 5.91 Å². The molecular formula is C9H5BrClF2NO3. The highest BCUT2D eigenvalue weighted by molar-refractivity contribution is 9.09. The second-order valence-electron chi connectivity index (χ2n) is 3.13. The van der Waals surface area contributed by atoms with Gasteiger partial charge in [0.1, 0.15) is 0 Å². The van der Waals surface area contributed by atoms with Gasteiger partial charge in [-0.2, -0.15) is 0 Å². The zero-order valence-corrected chi connectivity index (χ0v) is 10.4. The van der Waals surface area contributed by atoms with E-state index in [0.717, 1.165) is 6.07 Å². The summed E-state index contributed by atoms with van der Waals surface area (Å²) in [7, 11) is 0. The molecule has 17 heavy (non-hydrogen) atoms. The Morgan fingerprint density at radius 2 is 2.00 bits per heavy atom. The van der Waals surface area contributed by atoms with Gasteiger partial charge in [-0.15, -0.1) is 8.78 Å². The molecule has 1 aromatic rings. The van der Waals surface area contributed by atoms with Crippen molar-refractivity contribution in [3.05, 3.63) is 17.2 Å². The highest BCUT2D eigenvalue weighted by atomic mass is 79.9. The number of halogens is 4. The van der Waals surface area contributed by atoms with Crippen LogP contribution in [0.5, 0.6) is 11.5 Å². The lowest BCUT2D eigenvalue weighted by Gasteiger charge is -2.06. The van der Waals surface area contributed by atoms with E-state index in [1.54, 1.807) is 0 Å². The zero-order chi connectivity index (χ0) is 12.6. The molecule has 0 saturated heterocycles. The average molecular weight is 328 g/mol. The van der Waals surface area contributed by atoms with Crippen molar-refractivity contribution < 1.29 is 23.0 Å². The summed E-state index contributed by atoms with van der Waals surface area (Å²) in [6.07, 6.45) is -3.70. The largest absolute Gasteiger partial charge is 0.586 e. The Labute approximate surface area is 108 Å². The van der Waals surface area contributed by atoms with E-state index in [4.69, 9.17) is 11.6 Å². The monoisotopic (exact) mass is 327 g/mol. The molecule has 1 aliphatic rings. The van der Waals surface area contributed by atoms with E-state index in [0.29, 0.717) is 0 Å². The maximum atomic E-state index is 12.7. The number of alkyl halides is 3. The minimum atomic E-state index is -3.70. The Kier molecular flexibility index (Phi) is 3.13. The van der Waals surface area contributed by atoms with E-state index in [1.807, 2.05) is 0 Å². The highest BCUT2D eigenvalue weighted by Crippen LogP contribution is 2.45. The molecule has 0 unspecified atom stereocenters. The Bertz CT molecular complexity index is 484. The van der Waals surface area contributed by atoms with Crippen LogP contribution < -0.4 is 14.8 Å². The summed E-state index contributed by atoms with van der Waals surface area (Å²) in [6.45, 7) is 0. The van der Waals surface area contributed by atoms with E-state index in [-0.39, 0.29) is 33.4 Å². The molecular weight excluding hydrogens is 323 g/mol. The topological polar surface area (TPSA) is 47.6 Å². The lowest BCUT2D eigenvalue weighted by atomic mass is 10.2. The first-order valence-electron chi connectivity index (χ1n) is 4.36. The number of amides is 1. The number of carbonyl (C=O) groups is 1. The number of ether oxygens (including phenoxy) is 2. The summed E-state index contributed by atoms with van der Waals surface area (Å²) in [5.41, 5.74) is 0.177. The van der Waals surface area contributed by atoms with Crippen LogP contribution in [0.4, 0.5) is 14.5 Å². The summed E-state index contributed by atoms with van der Waals surface area (Å²) in [4.78, 5) is 11.1. The zero-order valence-electron chi connectivity index (χ0n) is 8.10. The fraction of sp³-hybridized carbons (Fsp3) is 0.222. The number of fused-ring (bicyclic) bond motifs is 1. The van der Waals surface area contributed by atoms with E-state index < -0.39 is 6.29 Å². The Morgan fingerprint density at radius 3 is 2.59 bits per heavy atom. The van der Waals surface area contributed by atoms with Gasteiger partial charge in [0.15, 0.2) is 11.5 Å². The van der Waals surface area contributed by atoms with Crippen molar-refractivity contribution in [2.45, 2.75) is 6.29 Å². The fourth-order valence-corrected chi connectivity index (χ4v) is 1.59. The van der Waals surface area contributed by atoms with Crippen LogP contribution in [0, 0.1) is 0 Å². The molecule has 4 nitrogen and oxygen atoms in total. The van der Waals surface area contributed by atoms with Gasteiger partial charge in [-0.3, -0.25) is 4.79 Å². The fourth-order valence-electron chi connectivity index (χ4n) is 1.25. The van der Waals surface area contributed by atoms with Crippen molar-refractivity contribution in [3.8, 4) is 11.5 Å². The van der Waals surface area contributed by atoms with Gasteiger partial charge in [-0.1, -0.05) is 27.5 Å². The molecule has 2 rings (SSSR count). The molecule has 0 bridgehead atoms. The summed E-state index contributed by atoms with van der Waals surface area (Å²) < 4.78 is 33.9. The summed E-state index contributed by atoms with van der Waals surface area (Å²) >= 11 is 8.74. The van der Waals surface area contributed by atoms with Gasteiger partial charge >= 0.3 is 6.29 Å². The number of hydrogen-bond donors (Lipinski definition) is 1. The molecule has 92 valence electrons. The highest BCUT2D eigenvalue weighted by Gasteiger charge is 2.43. The lowest BCUT2D eigenvalue weighted by Crippen LogP contribution is -2.25. The Balaban J connectivity index is 2.30. The molecule has 1 amide bonds. The third-order valence-electron chi connectivity index (χ3n) is 1.89. The van der Waals surface area contributed by atoms with Crippen LogP contribution in [0.25, 0.3) is 0 Å². The van der Waals surface area contributed by atoms with E-state index in [9.17, 15) is 13.6 Å². The predicted molar refractivity (Wildman–Crippen MR) is 60.1 cm³/mol. The Morgan fingerprint density at radius 1 is 1.41 bits per heavy atom. The molecule has 0 fully saturated rings. The second-order valence-corrected chi connectivity index (χ2v) is 4.10. The predicted octanol–water partition coefficient (Wildman–Crippen LogP) is 2.99. The quantitative estimate of drug-likeness (QED) is 0.849. The van der Waals surface area contributed by atoms with Crippen LogP contribution in [0.1, 0.15) is 0 Å². The number of benzene rings is 1. The summed E-state index contributed by atoms with van der Waals surface area (Å²) in [5, 5.41) is 2.56. The van der Waals surface area contributed by atoms with Crippen molar-refractivity contribution in [2.75, 3.05) is 10.6 Å². The number of hydrogen-bond acceptors (Lipinski definition) is 3. The van der Waals surface area contributed by atoms with Crippen molar-refractivity contribution in [2.24, 2.45) is 0 Å². The van der Waals surface area contributed by atoms with E-state index >= 15 is 0 Å². The van der Waals surface area contributed by atoms with Crippen molar-refractivity contribution in [1.29, 1.82) is 0 Å². The van der Waals surface area contributed by atoms with Gasteiger partial charge in [-0.25, -0.2) is 0 Å². The molecule has 1 aliphatic heterocycles. The lowest BCUT2D eigenvalue weighted by molar-refractivity contribution is -0.286. The van der Waals surface area contributed by atoms with Crippen LogP contribution in [-0.4, -0.2) is 17.5 Å². The second kappa shape index (κ2) is 4.30. The van der Waals surface area contributed by atoms with Crippen LogP contribution in [0.3, 0.4) is 0 Å². The van der Waals surface area contributed by atoms with Crippen LogP contribution in [0.15, 0.2) is 12.1 Å². The van der Waals surface area contributed by atoms with Crippen molar-refractivity contribution >= 4 is 39.1 Å². The van der Waals surface area contributed by atoms with Crippen LogP contribution >= 0.6 is 27.5 Å². The van der Waals surface area contributed by atoms with Gasteiger partial charge in [0.05, 0.1) is 16.0 Å². The maximum Gasteiger partial charge on any atom is 0.586 e. The molecule has 8 heteroatoms. The minimum absolute atomic E-state index is 0.0634. The molecule has 1 N–H and O–H groups in total. The summed E-state index contributed by atoms with van der Waals surface area (Å²) in [5.74, 6) is -0.710. The molecule has 0 atom stereocenters. The SMILES string of the molecule is O=C(CBr)Nc1cc2c(cc1Cl)OC(F)(F)O2. The number of nitrogens with one attached hydrogen (secondary N) is 1. The molecule has 0 aromatic heterocycles. The van der Waals surface area contributed by atoms with Gasteiger partial charge in [0, 0.05) is 12.1 Å². The molecule has 0 radical (unpaired) electrons. The molecule has 0 saturated carbocycles. The number of carbonyl (C=O) groups excluding carboxylic acids is 1. The normalized spacial score (nSPS) is 15.8. The molecule has 0 spiro atoms. The van der Waals surface area contributed by atoms with Crippen molar-refractivity contribution in [1.82, 2.24) is 0 Å². The number of anilines is 1. The first-order valence-corrected chi connectivity index (χ1v) is 5.86. The third-order valence-corrected chi connectivity index (χ3v) is 2.71. The summed E-state index contributed by atoms with van der Waals surface area (Å²) in [6, 6.07) is 2.33. The first kappa shape index (κ1) is 12.4. The number of rotatable bonds is 2. The molecule has 1 aromatic carbocycles. The van der Waals surface area contributed by atoms with Crippen molar-refractivity contribution in [3.63, 3.8) is 0 Å². The van der Waals surface area contributed by atoms with Crippen LogP contribution in [-0.2, 0) is 4.79 Å². The molecule has 1 heterocycles. The van der Waals surface area contributed by atoms with Gasteiger partial charge < -0.3 is 14.8 Å². The minimum Gasteiger partial charge on any atom is -0.395 e. The average Bonchev–Trinajstić information content (AvgIpc) is 2.51. The van der Waals surface area contributed by atoms with Gasteiger partial charge in [0.25, 0.3) is 0 Å². The van der Waals surface area contributed by atoms with E-state index in [1.165, 1.54) is 6.07 Å². The smallest absolute Gasteiger partial charge is 0.395 e. The standard InChI is InChI=1S/C9H5BrClF2NO3/c10-3-8(15)14-5-2-7-6(1-4(5)11)16-9(12,13)17-7/h1-2H,3H2,(H,14,15).